The van der Waals surface area contributed by atoms with Crippen LogP contribution in [0.5, 0.6) is 0 Å². The first-order chi connectivity index (χ1) is 6.11. The number of hydrogen-bond acceptors (Lipinski definition) is 5. The summed E-state index contributed by atoms with van der Waals surface area (Å²) in [6, 6.07) is 0. The van der Waals surface area contributed by atoms with Crippen LogP contribution >= 0.6 is 11.3 Å². The van der Waals surface area contributed by atoms with E-state index in [-0.39, 0.29) is 6.42 Å². The van der Waals surface area contributed by atoms with Crippen molar-refractivity contribution >= 4 is 17.2 Å². The lowest BCUT2D eigenvalue weighted by molar-refractivity contribution is -0.121. The lowest BCUT2D eigenvalue weighted by atomic mass is 10.1. The first-order valence-electron chi connectivity index (χ1n) is 3.65. The number of nitrogens with two attached hydrogens (primary N) is 1. The Labute approximate surface area is 78.8 Å². The van der Waals surface area contributed by atoms with Crippen molar-refractivity contribution in [2.45, 2.75) is 18.6 Å². The van der Waals surface area contributed by atoms with E-state index in [0.29, 0.717) is 5.01 Å². The van der Waals surface area contributed by atoms with Crippen molar-refractivity contribution < 1.29 is 15.0 Å². The third-order valence-corrected chi connectivity index (χ3v) is 2.33. The van der Waals surface area contributed by atoms with Gasteiger partial charge in [0.05, 0.1) is 12.5 Å². The average molecular weight is 202 g/mol. The summed E-state index contributed by atoms with van der Waals surface area (Å²) >= 11 is 1.21. The van der Waals surface area contributed by atoms with Crippen LogP contribution in [0.25, 0.3) is 0 Å². The second kappa shape index (κ2) is 4.31. The molecule has 72 valence electrons. The molecule has 1 amide bonds. The fraction of sp³-hybridized carbons (Fsp3) is 0.429. The Bertz CT molecular complexity index is 275. The molecule has 0 saturated heterocycles. The van der Waals surface area contributed by atoms with E-state index in [1.807, 2.05) is 0 Å². The van der Waals surface area contributed by atoms with Gasteiger partial charge in [0.15, 0.2) is 0 Å². The summed E-state index contributed by atoms with van der Waals surface area (Å²) < 4.78 is 0. The predicted molar refractivity (Wildman–Crippen MR) is 46.9 cm³/mol. The van der Waals surface area contributed by atoms with Crippen LogP contribution in [0, 0.1) is 0 Å². The average Bonchev–Trinajstić information content (AvgIpc) is 2.53. The van der Waals surface area contributed by atoms with Gasteiger partial charge in [-0.2, -0.15) is 0 Å². The van der Waals surface area contributed by atoms with Crippen LogP contribution in [0.15, 0.2) is 11.6 Å². The number of hydrogen-bond donors (Lipinski definition) is 3. The van der Waals surface area contributed by atoms with Crippen molar-refractivity contribution in [1.29, 1.82) is 0 Å². The Hall–Kier alpha value is -0.980. The van der Waals surface area contributed by atoms with Crippen molar-refractivity contribution in [2.24, 2.45) is 5.73 Å². The summed E-state index contributed by atoms with van der Waals surface area (Å²) in [6.07, 6.45) is -1.06. The standard InChI is InChI=1S/C7H10N2O3S/c8-5(11)3-4(10)6(12)7-9-1-2-13-7/h1-2,4,6,10,12H,3H2,(H2,8,11). The minimum absolute atomic E-state index is 0.263. The zero-order chi connectivity index (χ0) is 9.84. The summed E-state index contributed by atoms with van der Waals surface area (Å²) in [5.41, 5.74) is 4.86. The van der Waals surface area contributed by atoms with Crippen LogP contribution in [0.3, 0.4) is 0 Å². The number of amides is 1. The monoisotopic (exact) mass is 202 g/mol. The Morgan fingerprint density at radius 2 is 2.38 bits per heavy atom. The largest absolute Gasteiger partial charge is 0.389 e. The van der Waals surface area contributed by atoms with Crippen molar-refractivity contribution in [3.05, 3.63) is 16.6 Å². The lowest BCUT2D eigenvalue weighted by Gasteiger charge is -2.13. The van der Waals surface area contributed by atoms with E-state index < -0.39 is 18.1 Å². The number of aliphatic hydroxyl groups is 2. The first-order valence-corrected chi connectivity index (χ1v) is 4.53. The van der Waals surface area contributed by atoms with E-state index in [0.717, 1.165) is 0 Å². The van der Waals surface area contributed by atoms with Crippen LogP contribution in [0.4, 0.5) is 0 Å². The lowest BCUT2D eigenvalue weighted by Crippen LogP contribution is -2.25. The summed E-state index contributed by atoms with van der Waals surface area (Å²) in [5.74, 6) is -0.650. The van der Waals surface area contributed by atoms with Crippen molar-refractivity contribution in [3.63, 3.8) is 0 Å². The highest BCUT2D eigenvalue weighted by molar-refractivity contribution is 7.09. The van der Waals surface area contributed by atoms with Gasteiger partial charge in [-0.25, -0.2) is 4.98 Å². The maximum Gasteiger partial charge on any atom is 0.220 e. The molecule has 0 bridgehead atoms. The number of aliphatic hydroxyl groups excluding tert-OH is 2. The summed E-state index contributed by atoms with van der Waals surface area (Å²) in [4.78, 5) is 14.2. The maximum absolute atomic E-state index is 10.4. The number of carbonyl (C=O) groups is 1. The molecule has 1 aromatic rings. The topological polar surface area (TPSA) is 96.4 Å². The van der Waals surface area contributed by atoms with Gasteiger partial charge in [0.2, 0.25) is 5.91 Å². The van der Waals surface area contributed by atoms with Gasteiger partial charge in [-0.3, -0.25) is 4.79 Å². The molecule has 2 unspecified atom stereocenters. The molecule has 0 aliphatic carbocycles. The predicted octanol–water partition coefficient (Wildman–Crippen LogP) is -0.587. The normalized spacial score (nSPS) is 15.2. The van der Waals surface area contributed by atoms with Gasteiger partial charge >= 0.3 is 0 Å². The van der Waals surface area contributed by atoms with Gasteiger partial charge in [0.1, 0.15) is 11.1 Å². The van der Waals surface area contributed by atoms with Gasteiger partial charge in [0, 0.05) is 11.6 Å². The number of primary amides is 1. The quantitative estimate of drug-likeness (QED) is 0.608. The third-order valence-electron chi connectivity index (χ3n) is 1.48. The van der Waals surface area contributed by atoms with Gasteiger partial charge in [0.25, 0.3) is 0 Å². The highest BCUT2D eigenvalue weighted by Crippen LogP contribution is 2.20. The highest BCUT2D eigenvalue weighted by Gasteiger charge is 2.21. The Kier molecular flexibility index (Phi) is 3.35. The highest BCUT2D eigenvalue weighted by atomic mass is 32.1. The molecule has 5 nitrogen and oxygen atoms in total. The number of carbonyl (C=O) groups excluding carboxylic acids is 1. The van der Waals surface area contributed by atoms with E-state index in [1.54, 1.807) is 5.38 Å². The molecule has 2 atom stereocenters. The summed E-state index contributed by atoms with van der Waals surface area (Å²) in [5, 5.41) is 20.8. The van der Waals surface area contributed by atoms with Crippen LogP contribution < -0.4 is 5.73 Å². The number of thiazole rings is 1. The molecule has 1 rings (SSSR count). The molecule has 0 radical (unpaired) electrons. The first kappa shape index (κ1) is 10.1. The molecule has 0 spiro atoms. The van der Waals surface area contributed by atoms with E-state index in [2.05, 4.69) is 4.98 Å². The minimum Gasteiger partial charge on any atom is -0.389 e. The molecule has 0 aliphatic heterocycles. The smallest absolute Gasteiger partial charge is 0.220 e. The molecule has 0 fully saturated rings. The fourth-order valence-corrected chi connectivity index (χ4v) is 1.54. The number of rotatable bonds is 4. The second-order valence-corrected chi connectivity index (χ2v) is 3.48. The van der Waals surface area contributed by atoms with Gasteiger partial charge < -0.3 is 15.9 Å². The molecule has 1 aromatic heterocycles. The molecule has 0 aromatic carbocycles. The van der Waals surface area contributed by atoms with E-state index in [1.165, 1.54) is 17.5 Å². The molecule has 6 heteroatoms. The Balaban J connectivity index is 2.57. The summed E-state index contributed by atoms with van der Waals surface area (Å²) in [6.45, 7) is 0. The van der Waals surface area contributed by atoms with Crippen LogP contribution in [-0.2, 0) is 4.79 Å². The van der Waals surface area contributed by atoms with Crippen LogP contribution in [0.2, 0.25) is 0 Å². The third kappa shape index (κ3) is 2.76. The summed E-state index contributed by atoms with van der Waals surface area (Å²) in [7, 11) is 0. The second-order valence-electron chi connectivity index (χ2n) is 2.55. The van der Waals surface area contributed by atoms with Crippen LogP contribution in [-0.4, -0.2) is 27.2 Å². The zero-order valence-corrected chi connectivity index (χ0v) is 7.57. The zero-order valence-electron chi connectivity index (χ0n) is 6.75. The Morgan fingerprint density at radius 1 is 1.69 bits per heavy atom. The minimum atomic E-state index is -1.18. The van der Waals surface area contributed by atoms with Crippen molar-refractivity contribution in [1.82, 2.24) is 4.98 Å². The fourth-order valence-electron chi connectivity index (χ4n) is 0.863. The molecule has 13 heavy (non-hydrogen) atoms. The van der Waals surface area contributed by atoms with Gasteiger partial charge in [-0.1, -0.05) is 0 Å². The molecular formula is C7H10N2O3S. The van der Waals surface area contributed by atoms with E-state index in [4.69, 9.17) is 5.73 Å². The molecular weight excluding hydrogens is 192 g/mol. The van der Waals surface area contributed by atoms with E-state index >= 15 is 0 Å². The van der Waals surface area contributed by atoms with E-state index in [9.17, 15) is 15.0 Å². The Morgan fingerprint density at radius 3 is 2.85 bits per heavy atom. The SMILES string of the molecule is NC(=O)CC(O)C(O)c1nccs1. The van der Waals surface area contributed by atoms with Gasteiger partial charge in [-0.15, -0.1) is 11.3 Å². The number of nitrogens with zero attached hydrogens (tertiary/aromatic N) is 1. The van der Waals surface area contributed by atoms with Crippen LogP contribution in [0.1, 0.15) is 17.5 Å². The van der Waals surface area contributed by atoms with Crippen molar-refractivity contribution in [3.8, 4) is 0 Å². The molecule has 0 aliphatic rings. The van der Waals surface area contributed by atoms with Gasteiger partial charge in [-0.05, 0) is 0 Å². The molecule has 0 saturated carbocycles. The molecule has 1 heterocycles. The number of aromatic nitrogens is 1. The molecule has 4 N–H and O–H groups in total. The maximum atomic E-state index is 10.4. The van der Waals surface area contributed by atoms with Crippen molar-refractivity contribution in [2.75, 3.05) is 0 Å².